The first-order valence-electron chi connectivity index (χ1n) is 10.5. The summed E-state index contributed by atoms with van der Waals surface area (Å²) in [5, 5.41) is 23.7. The van der Waals surface area contributed by atoms with E-state index in [0.717, 1.165) is 28.3 Å². The van der Waals surface area contributed by atoms with Gasteiger partial charge in [0, 0.05) is 37.6 Å². The molecule has 0 aliphatic carbocycles. The van der Waals surface area contributed by atoms with Gasteiger partial charge in [-0.25, -0.2) is 19.7 Å². The standard InChI is InChI=1S/C22H22F3N5O3S/c1-13-9-14(11-15(10-13)28-19-26-6-3-17(29-19)22(23,24)25)16-12-27-18(34-16)21(33)4-2-7-30(8-5-21)20(31)32/h3,6,9-12,33H,2,4-5,7-8H2,1H3,(H,31,32)(H,26,28,29)/t21-/m1/s1. The molecule has 0 bridgehead atoms. The summed E-state index contributed by atoms with van der Waals surface area (Å²) in [6.07, 6.45) is -1.73. The van der Waals surface area contributed by atoms with Crippen molar-refractivity contribution in [2.24, 2.45) is 0 Å². The summed E-state index contributed by atoms with van der Waals surface area (Å²) < 4.78 is 38.9. The zero-order valence-electron chi connectivity index (χ0n) is 18.1. The monoisotopic (exact) mass is 493 g/mol. The molecular weight excluding hydrogens is 471 g/mol. The maximum atomic E-state index is 13.0. The molecule has 34 heavy (non-hydrogen) atoms. The number of nitrogens with one attached hydrogen (secondary N) is 1. The van der Waals surface area contributed by atoms with Crippen LogP contribution in [0.3, 0.4) is 0 Å². The van der Waals surface area contributed by atoms with Gasteiger partial charge in [-0.2, -0.15) is 13.2 Å². The van der Waals surface area contributed by atoms with Crippen molar-refractivity contribution < 1.29 is 28.2 Å². The summed E-state index contributed by atoms with van der Waals surface area (Å²) in [6, 6.07) is 6.21. The number of anilines is 2. The van der Waals surface area contributed by atoms with Gasteiger partial charge < -0.3 is 20.4 Å². The topological polar surface area (TPSA) is 111 Å². The van der Waals surface area contributed by atoms with E-state index >= 15 is 0 Å². The first-order valence-corrected chi connectivity index (χ1v) is 11.3. The highest BCUT2D eigenvalue weighted by Crippen LogP contribution is 2.39. The van der Waals surface area contributed by atoms with Gasteiger partial charge in [-0.15, -0.1) is 11.3 Å². The van der Waals surface area contributed by atoms with Gasteiger partial charge in [0.25, 0.3) is 0 Å². The van der Waals surface area contributed by atoms with E-state index in [4.69, 9.17) is 0 Å². The van der Waals surface area contributed by atoms with Gasteiger partial charge in [-0.05, 0) is 49.1 Å². The van der Waals surface area contributed by atoms with Crippen molar-refractivity contribution in [1.82, 2.24) is 19.9 Å². The number of nitrogens with zero attached hydrogens (tertiary/aromatic N) is 4. The summed E-state index contributed by atoms with van der Waals surface area (Å²) in [4.78, 5) is 25.1. The second-order valence-corrected chi connectivity index (χ2v) is 9.19. The first kappa shape index (κ1) is 23.9. The highest BCUT2D eigenvalue weighted by Gasteiger charge is 2.36. The van der Waals surface area contributed by atoms with Crippen LogP contribution in [-0.2, 0) is 11.8 Å². The molecule has 0 unspecified atom stereocenters. The van der Waals surface area contributed by atoms with E-state index in [-0.39, 0.29) is 18.9 Å². The minimum atomic E-state index is -4.57. The summed E-state index contributed by atoms with van der Waals surface area (Å²) in [6.45, 7) is 2.43. The van der Waals surface area contributed by atoms with Crippen LogP contribution in [0.4, 0.5) is 29.6 Å². The lowest BCUT2D eigenvalue weighted by atomic mass is 9.96. The number of rotatable bonds is 4. The summed E-state index contributed by atoms with van der Waals surface area (Å²) in [5.74, 6) is -0.174. The predicted molar refractivity (Wildman–Crippen MR) is 120 cm³/mol. The molecule has 1 fully saturated rings. The molecule has 0 saturated carbocycles. The third-order valence-electron chi connectivity index (χ3n) is 5.55. The second kappa shape index (κ2) is 9.18. The van der Waals surface area contributed by atoms with Crippen molar-refractivity contribution in [3.63, 3.8) is 0 Å². The highest BCUT2D eigenvalue weighted by atomic mass is 32.1. The number of halogens is 3. The predicted octanol–water partition coefficient (Wildman–Crippen LogP) is 5.02. The zero-order chi connectivity index (χ0) is 24.5. The van der Waals surface area contributed by atoms with Gasteiger partial charge >= 0.3 is 12.3 Å². The zero-order valence-corrected chi connectivity index (χ0v) is 18.9. The number of hydrogen-bond acceptors (Lipinski definition) is 7. The molecule has 4 rings (SSSR count). The van der Waals surface area contributed by atoms with Crippen LogP contribution < -0.4 is 5.32 Å². The summed E-state index contributed by atoms with van der Waals surface area (Å²) >= 11 is 1.30. The first-order chi connectivity index (χ1) is 16.0. The molecule has 0 spiro atoms. The molecule has 1 atom stereocenters. The molecule has 1 saturated heterocycles. The van der Waals surface area contributed by atoms with Gasteiger partial charge in [-0.1, -0.05) is 6.07 Å². The number of thiazole rings is 1. The molecule has 1 aliphatic rings. The lowest BCUT2D eigenvalue weighted by molar-refractivity contribution is -0.141. The average molecular weight is 494 g/mol. The number of aromatic nitrogens is 3. The molecule has 8 nitrogen and oxygen atoms in total. The van der Waals surface area contributed by atoms with E-state index in [1.54, 1.807) is 18.3 Å². The van der Waals surface area contributed by atoms with Crippen LogP contribution in [0.25, 0.3) is 10.4 Å². The average Bonchev–Trinajstić information content (AvgIpc) is 3.18. The second-order valence-electron chi connectivity index (χ2n) is 8.16. The molecular formula is C22H22F3N5O3S. The van der Waals surface area contributed by atoms with Gasteiger partial charge in [0.1, 0.15) is 16.3 Å². The van der Waals surface area contributed by atoms with Crippen LogP contribution in [0.5, 0.6) is 0 Å². The number of alkyl halides is 3. The lowest BCUT2D eigenvalue weighted by Gasteiger charge is -2.24. The van der Waals surface area contributed by atoms with Crippen molar-refractivity contribution in [2.75, 3.05) is 18.4 Å². The number of amides is 1. The lowest BCUT2D eigenvalue weighted by Crippen LogP contribution is -2.32. The number of hydrogen-bond donors (Lipinski definition) is 3. The Morgan fingerprint density at radius 1 is 1.21 bits per heavy atom. The fraction of sp³-hybridized carbons (Fsp3) is 0.364. The Morgan fingerprint density at radius 3 is 2.74 bits per heavy atom. The van der Waals surface area contributed by atoms with Crippen molar-refractivity contribution in [2.45, 2.75) is 38.0 Å². The molecule has 3 heterocycles. The fourth-order valence-corrected chi connectivity index (χ4v) is 4.90. The van der Waals surface area contributed by atoms with Crippen LogP contribution in [0.2, 0.25) is 0 Å². The number of carbonyl (C=O) groups is 1. The van der Waals surface area contributed by atoms with Crippen LogP contribution >= 0.6 is 11.3 Å². The van der Waals surface area contributed by atoms with E-state index in [2.05, 4.69) is 20.3 Å². The SMILES string of the molecule is Cc1cc(Nc2nccc(C(F)(F)F)n2)cc(-c2cnc([C@@]3(O)CCCN(C(=O)O)CC3)s2)c1. The Kier molecular flexibility index (Phi) is 6.45. The number of carboxylic acid groups (broad SMARTS) is 1. The van der Waals surface area contributed by atoms with Crippen LogP contribution in [0, 0.1) is 6.92 Å². The van der Waals surface area contributed by atoms with E-state index in [1.165, 1.54) is 16.2 Å². The number of aliphatic hydroxyl groups is 1. The molecule has 1 aliphatic heterocycles. The van der Waals surface area contributed by atoms with Crippen molar-refractivity contribution in [1.29, 1.82) is 0 Å². The maximum absolute atomic E-state index is 13.0. The Hall–Kier alpha value is -3.25. The molecule has 3 aromatic rings. The molecule has 1 amide bonds. The van der Waals surface area contributed by atoms with Crippen LogP contribution in [0.15, 0.2) is 36.7 Å². The van der Waals surface area contributed by atoms with Gasteiger partial charge in [0.05, 0.1) is 4.88 Å². The van der Waals surface area contributed by atoms with Gasteiger partial charge in [0.15, 0.2) is 0 Å². The summed E-state index contributed by atoms with van der Waals surface area (Å²) in [5.41, 5.74) is -0.128. The van der Waals surface area contributed by atoms with Crippen molar-refractivity contribution in [3.05, 3.63) is 52.9 Å². The third-order valence-corrected chi connectivity index (χ3v) is 6.79. The summed E-state index contributed by atoms with van der Waals surface area (Å²) in [7, 11) is 0. The number of aryl methyl sites for hydroxylation is 1. The molecule has 180 valence electrons. The molecule has 2 aromatic heterocycles. The van der Waals surface area contributed by atoms with Crippen molar-refractivity contribution >= 4 is 29.1 Å². The van der Waals surface area contributed by atoms with Gasteiger partial charge in [0.2, 0.25) is 5.95 Å². The highest BCUT2D eigenvalue weighted by molar-refractivity contribution is 7.15. The van der Waals surface area contributed by atoms with Crippen molar-refractivity contribution in [3.8, 4) is 10.4 Å². The normalized spacial score (nSPS) is 19.0. The third kappa shape index (κ3) is 5.28. The molecule has 0 radical (unpaired) electrons. The Bertz CT molecular complexity index is 1200. The molecule has 1 aromatic carbocycles. The van der Waals surface area contributed by atoms with Gasteiger partial charge in [-0.3, -0.25) is 0 Å². The smallest absolute Gasteiger partial charge is 0.433 e. The van der Waals surface area contributed by atoms with Crippen LogP contribution in [-0.4, -0.2) is 49.2 Å². The molecule has 12 heteroatoms. The van der Waals surface area contributed by atoms with E-state index in [0.29, 0.717) is 30.1 Å². The number of benzene rings is 1. The molecule has 3 N–H and O–H groups in total. The quantitative estimate of drug-likeness (QED) is 0.468. The van der Waals surface area contributed by atoms with E-state index in [1.807, 2.05) is 13.0 Å². The van der Waals surface area contributed by atoms with E-state index in [9.17, 15) is 28.2 Å². The Labute approximate surface area is 197 Å². The maximum Gasteiger partial charge on any atom is 0.433 e. The number of likely N-dealkylation sites (tertiary alicyclic amines) is 1. The van der Waals surface area contributed by atoms with E-state index < -0.39 is 23.6 Å². The van der Waals surface area contributed by atoms with Crippen LogP contribution in [0.1, 0.15) is 35.5 Å². The minimum Gasteiger partial charge on any atom is -0.465 e. The Morgan fingerprint density at radius 2 is 2.00 bits per heavy atom. The minimum absolute atomic E-state index is 0.174. The fourth-order valence-electron chi connectivity index (χ4n) is 3.85. The largest absolute Gasteiger partial charge is 0.465 e. The Balaban J connectivity index is 1.57.